The van der Waals surface area contributed by atoms with Gasteiger partial charge in [0, 0.05) is 5.56 Å². The molecule has 1 aromatic carbocycles. The molecule has 0 heterocycles. The van der Waals surface area contributed by atoms with Crippen molar-refractivity contribution in [1.29, 1.82) is 0 Å². The van der Waals surface area contributed by atoms with Gasteiger partial charge in [0.2, 0.25) is 0 Å². The summed E-state index contributed by atoms with van der Waals surface area (Å²) in [6, 6.07) is 4.67. The molecule has 1 rings (SSSR count). The Kier molecular flexibility index (Phi) is 12.5. The molecule has 35 heavy (non-hydrogen) atoms. The molecule has 0 aliphatic rings. The van der Waals surface area contributed by atoms with Gasteiger partial charge in [0.15, 0.2) is 5.78 Å². The molecule has 1 aromatic rings. The minimum atomic E-state index is -0.955. The van der Waals surface area contributed by atoms with Crippen molar-refractivity contribution >= 4 is 11.8 Å². The van der Waals surface area contributed by atoms with E-state index in [0.29, 0.717) is 17.7 Å². The van der Waals surface area contributed by atoms with Crippen molar-refractivity contribution in [1.82, 2.24) is 0 Å². The first kappa shape index (κ1) is 30.2. The van der Waals surface area contributed by atoms with Crippen molar-refractivity contribution < 1.29 is 29.3 Å². The first-order valence-electron chi connectivity index (χ1n) is 12.1. The van der Waals surface area contributed by atoms with Gasteiger partial charge in [-0.15, -0.1) is 0 Å². The van der Waals surface area contributed by atoms with Gasteiger partial charge in [0.1, 0.15) is 23.2 Å². The monoisotopic (exact) mass is 486 g/mol. The highest BCUT2D eigenvalue weighted by Gasteiger charge is 2.24. The maximum Gasteiger partial charge on any atom is 0.310 e. The number of allylic oxidation sites excluding steroid dienone is 3. The molecule has 0 aromatic heterocycles. The van der Waals surface area contributed by atoms with Gasteiger partial charge in [-0.3, -0.25) is 9.59 Å². The van der Waals surface area contributed by atoms with E-state index in [4.69, 9.17) is 9.47 Å². The van der Waals surface area contributed by atoms with Gasteiger partial charge in [0.05, 0.1) is 13.5 Å². The lowest BCUT2D eigenvalue weighted by Gasteiger charge is -2.28. The third-order valence-electron chi connectivity index (χ3n) is 6.01. The summed E-state index contributed by atoms with van der Waals surface area (Å²) in [5.74, 6) is -0.170. The predicted molar refractivity (Wildman–Crippen MR) is 140 cm³/mol. The zero-order valence-electron chi connectivity index (χ0n) is 22.1. The highest BCUT2D eigenvalue weighted by atomic mass is 16.5. The number of hydrogen-bond acceptors (Lipinski definition) is 6. The van der Waals surface area contributed by atoms with Crippen molar-refractivity contribution in [2.75, 3.05) is 7.11 Å². The predicted octanol–water partition coefficient (Wildman–Crippen LogP) is 5.86. The van der Waals surface area contributed by atoms with Gasteiger partial charge in [-0.2, -0.15) is 0 Å². The first-order valence-corrected chi connectivity index (χ1v) is 12.1. The van der Waals surface area contributed by atoms with Gasteiger partial charge in [-0.1, -0.05) is 30.7 Å². The zero-order chi connectivity index (χ0) is 26.6. The maximum atomic E-state index is 12.0. The summed E-state index contributed by atoms with van der Waals surface area (Å²) in [4.78, 5) is 23.7. The van der Waals surface area contributed by atoms with Crippen molar-refractivity contribution in [3.05, 3.63) is 59.7 Å². The number of ketones is 1. The number of methoxy groups -OCH3 is 1. The Hall–Kier alpha value is -2.86. The molecule has 0 saturated carbocycles. The van der Waals surface area contributed by atoms with Gasteiger partial charge in [-0.25, -0.2) is 0 Å². The lowest BCUT2D eigenvalue weighted by atomic mass is 9.93. The molecule has 0 aliphatic carbocycles. The average molecular weight is 487 g/mol. The summed E-state index contributed by atoms with van der Waals surface area (Å²) < 4.78 is 11.0. The quantitative estimate of drug-likeness (QED) is 0.183. The number of carbonyl (C=O) groups is 2. The van der Waals surface area contributed by atoms with Crippen LogP contribution in [0.5, 0.6) is 11.5 Å². The van der Waals surface area contributed by atoms with E-state index in [1.54, 1.807) is 12.1 Å². The molecule has 2 unspecified atom stereocenters. The number of aliphatic hydroxyl groups excluding tert-OH is 1. The SMILES string of the molecule is C=CC(C)(CC/C=C(\C)CCCC(C)[C@@H](O)C(=O)C=C(C)C)Oc1ccc(O)cc1CC(=O)OC. The number of ether oxygens (including phenoxy) is 2. The minimum absolute atomic E-state index is 0.000473. The molecule has 2 N–H and O–H groups in total. The summed E-state index contributed by atoms with van der Waals surface area (Å²) in [5.41, 5.74) is 2.02. The highest BCUT2D eigenvalue weighted by Crippen LogP contribution is 2.30. The number of phenolic OH excluding ortho intramolecular Hbond substituents is 1. The van der Waals surface area contributed by atoms with Crippen LogP contribution in [0.15, 0.2) is 54.2 Å². The lowest BCUT2D eigenvalue weighted by Crippen LogP contribution is -2.30. The van der Waals surface area contributed by atoms with Gasteiger partial charge >= 0.3 is 5.97 Å². The third-order valence-corrected chi connectivity index (χ3v) is 6.01. The van der Waals surface area contributed by atoms with E-state index >= 15 is 0 Å². The zero-order valence-corrected chi connectivity index (χ0v) is 22.1. The molecular weight excluding hydrogens is 444 g/mol. The van der Waals surface area contributed by atoms with E-state index in [2.05, 4.69) is 19.6 Å². The Labute approximate surface area is 210 Å². The number of esters is 1. The lowest BCUT2D eigenvalue weighted by molar-refractivity contribution is -0.139. The molecule has 0 spiro atoms. The van der Waals surface area contributed by atoms with Crippen LogP contribution in [0.25, 0.3) is 0 Å². The summed E-state index contributed by atoms with van der Waals surface area (Å²) in [7, 11) is 1.32. The Bertz CT molecular complexity index is 925. The third kappa shape index (κ3) is 11.0. The molecule has 0 fully saturated rings. The second-order valence-electron chi connectivity index (χ2n) is 9.69. The van der Waals surface area contributed by atoms with Crippen LogP contribution in [-0.2, 0) is 20.7 Å². The fraction of sp³-hybridized carbons (Fsp3) is 0.517. The van der Waals surface area contributed by atoms with Crippen molar-refractivity contribution in [3.8, 4) is 11.5 Å². The number of carbonyl (C=O) groups excluding carboxylic acids is 2. The van der Waals surface area contributed by atoms with Gasteiger partial charge < -0.3 is 19.7 Å². The topological polar surface area (TPSA) is 93.1 Å². The maximum absolute atomic E-state index is 12.0. The summed E-state index contributed by atoms with van der Waals surface area (Å²) in [6.45, 7) is 13.5. The number of phenols is 1. The first-order chi connectivity index (χ1) is 16.4. The molecule has 3 atom stereocenters. The van der Waals surface area contributed by atoms with Crippen LogP contribution in [0.1, 0.15) is 72.3 Å². The van der Waals surface area contributed by atoms with Crippen LogP contribution in [-0.4, -0.2) is 40.8 Å². The molecule has 0 bridgehead atoms. The van der Waals surface area contributed by atoms with E-state index in [9.17, 15) is 19.8 Å². The fourth-order valence-corrected chi connectivity index (χ4v) is 3.70. The molecule has 0 saturated heterocycles. The molecule has 0 amide bonds. The van der Waals surface area contributed by atoms with E-state index < -0.39 is 17.7 Å². The normalized spacial score (nSPS) is 14.9. The van der Waals surface area contributed by atoms with E-state index in [1.807, 2.05) is 27.7 Å². The second-order valence-corrected chi connectivity index (χ2v) is 9.69. The number of benzene rings is 1. The smallest absolute Gasteiger partial charge is 0.310 e. The van der Waals surface area contributed by atoms with Crippen LogP contribution in [0.4, 0.5) is 0 Å². The van der Waals surface area contributed by atoms with Crippen LogP contribution < -0.4 is 4.74 Å². The minimum Gasteiger partial charge on any atom is -0.508 e. The standard InChI is InChI=1S/C29H42O6/c1-8-29(6,35-26-15-14-24(30)18-23(26)19-27(32)34-7)16-10-12-21(4)11-9-13-22(5)28(33)25(31)17-20(2)3/h8,12,14-15,17-18,22,28,30,33H,1,9-11,13,16,19H2,2-7H3/b21-12+/t22?,28-,29?/m1/s1. The highest BCUT2D eigenvalue weighted by molar-refractivity contribution is 5.94. The number of aromatic hydroxyl groups is 1. The van der Waals surface area contributed by atoms with Crippen LogP contribution in [0, 0.1) is 5.92 Å². The largest absolute Gasteiger partial charge is 0.508 e. The summed E-state index contributed by atoms with van der Waals surface area (Å²) >= 11 is 0. The number of aliphatic hydroxyl groups is 1. The Morgan fingerprint density at radius 3 is 2.51 bits per heavy atom. The fourth-order valence-electron chi connectivity index (χ4n) is 3.70. The van der Waals surface area contributed by atoms with Crippen molar-refractivity contribution in [2.45, 2.75) is 84.8 Å². The molecule has 6 heteroatoms. The summed E-state index contributed by atoms with van der Waals surface area (Å²) in [6.07, 6.45) is 8.47. The van der Waals surface area contributed by atoms with Crippen LogP contribution >= 0.6 is 0 Å². The molecular formula is C29H42O6. The Morgan fingerprint density at radius 2 is 1.91 bits per heavy atom. The van der Waals surface area contributed by atoms with E-state index in [0.717, 1.165) is 31.3 Å². The second kappa shape index (κ2) is 14.5. The molecule has 6 nitrogen and oxygen atoms in total. The number of rotatable bonds is 15. The van der Waals surface area contributed by atoms with Crippen molar-refractivity contribution in [2.24, 2.45) is 5.92 Å². The summed E-state index contributed by atoms with van der Waals surface area (Å²) in [5, 5.41) is 20.0. The molecule has 0 aliphatic heterocycles. The van der Waals surface area contributed by atoms with E-state index in [-0.39, 0.29) is 23.9 Å². The average Bonchev–Trinajstić information content (AvgIpc) is 2.79. The van der Waals surface area contributed by atoms with Gasteiger partial charge in [0.25, 0.3) is 0 Å². The number of hydrogen-bond donors (Lipinski definition) is 2. The molecule has 0 radical (unpaired) electrons. The van der Waals surface area contributed by atoms with Gasteiger partial charge in [-0.05, 0) is 96.1 Å². The van der Waals surface area contributed by atoms with Crippen LogP contribution in [0.3, 0.4) is 0 Å². The Balaban J connectivity index is 2.65. The van der Waals surface area contributed by atoms with E-state index in [1.165, 1.54) is 30.9 Å². The Morgan fingerprint density at radius 1 is 1.23 bits per heavy atom. The van der Waals surface area contributed by atoms with Crippen LogP contribution in [0.2, 0.25) is 0 Å². The van der Waals surface area contributed by atoms with Crippen molar-refractivity contribution in [3.63, 3.8) is 0 Å². The molecule has 194 valence electrons.